The highest BCUT2D eigenvalue weighted by Crippen LogP contribution is 2.41. The van der Waals surface area contributed by atoms with Gasteiger partial charge in [0.1, 0.15) is 17.6 Å². The van der Waals surface area contributed by atoms with Gasteiger partial charge in [0.25, 0.3) is 0 Å². The van der Waals surface area contributed by atoms with Crippen LogP contribution in [0.5, 0.6) is 11.5 Å². The lowest BCUT2D eigenvalue weighted by molar-refractivity contribution is -0.142. The summed E-state index contributed by atoms with van der Waals surface area (Å²) < 4.78 is 16.8. The van der Waals surface area contributed by atoms with Crippen LogP contribution in [0.1, 0.15) is 34.6 Å². The molecule has 4 aromatic rings. The number of hydrogen-bond acceptors (Lipinski definition) is 5. The van der Waals surface area contributed by atoms with E-state index in [4.69, 9.17) is 14.2 Å². The molecular weight excluding hydrogens is 462 g/mol. The predicted molar refractivity (Wildman–Crippen MR) is 147 cm³/mol. The molecule has 1 N–H and O–H groups in total. The van der Waals surface area contributed by atoms with E-state index in [0.29, 0.717) is 5.75 Å². The highest BCUT2D eigenvalue weighted by molar-refractivity contribution is 5.85. The molecule has 0 fully saturated rings. The van der Waals surface area contributed by atoms with Crippen molar-refractivity contribution in [2.75, 3.05) is 26.8 Å². The van der Waals surface area contributed by atoms with E-state index in [1.54, 1.807) is 0 Å². The molecule has 2 atom stereocenters. The molecule has 5 rings (SSSR count). The van der Waals surface area contributed by atoms with Crippen LogP contribution in [-0.4, -0.2) is 38.9 Å². The molecule has 37 heavy (non-hydrogen) atoms. The number of hydrogen-bond donors (Lipinski definition) is 1. The second kappa shape index (κ2) is 11.5. The van der Waals surface area contributed by atoms with Crippen molar-refractivity contribution >= 4 is 16.7 Å². The Morgan fingerprint density at radius 2 is 1.81 bits per heavy atom. The fraction of sp³-hybridized carbons (Fsp3) is 0.281. The smallest absolute Gasteiger partial charge is 0.343 e. The molecule has 2 unspecified atom stereocenters. The second-order valence-corrected chi connectivity index (χ2v) is 9.60. The summed E-state index contributed by atoms with van der Waals surface area (Å²) in [5.74, 6) is 1.39. The minimum absolute atomic E-state index is 0.0485. The van der Waals surface area contributed by atoms with Crippen LogP contribution in [0.3, 0.4) is 0 Å². The van der Waals surface area contributed by atoms with Gasteiger partial charge in [-0.1, -0.05) is 66.7 Å². The Hall–Kier alpha value is -3.83. The van der Waals surface area contributed by atoms with Crippen LogP contribution in [-0.2, 0) is 16.0 Å². The monoisotopic (exact) mass is 495 g/mol. The van der Waals surface area contributed by atoms with Gasteiger partial charge in [-0.05, 0) is 72.0 Å². The first-order valence-corrected chi connectivity index (χ1v) is 12.8. The Kier molecular flexibility index (Phi) is 7.71. The fourth-order valence-electron chi connectivity index (χ4n) is 5.19. The van der Waals surface area contributed by atoms with Crippen molar-refractivity contribution in [3.8, 4) is 11.5 Å². The van der Waals surface area contributed by atoms with Crippen LogP contribution in [0, 0.1) is 6.92 Å². The zero-order valence-corrected chi connectivity index (χ0v) is 21.4. The Labute approximate surface area is 218 Å². The van der Waals surface area contributed by atoms with Gasteiger partial charge in [0.15, 0.2) is 6.61 Å². The first-order chi connectivity index (χ1) is 18.1. The van der Waals surface area contributed by atoms with Gasteiger partial charge in [0.05, 0.1) is 7.11 Å². The maximum atomic E-state index is 11.6. The average molecular weight is 496 g/mol. The molecule has 1 aliphatic heterocycles. The van der Waals surface area contributed by atoms with E-state index in [1.807, 2.05) is 25.1 Å². The van der Waals surface area contributed by atoms with Crippen LogP contribution in [0.15, 0.2) is 84.9 Å². The molecule has 0 amide bonds. The summed E-state index contributed by atoms with van der Waals surface area (Å²) >= 11 is 0. The summed E-state index contributed by atoms with van der Waals surface area (Å²) in [5, 5.41) is 6.23. The number of ether oxygens (including phenoxy) is 3. The summed E-state index contributed by atoms with van der Waals surface area (Å²) in [5.41, 5.74) is 4.79. The quantitative estimate of drug-likeness (QED) is 0.234. The standard InChI is InChI=1S/C32H33NO4/c1-22-16-25(18-26(17-22)36-21-32(34)35-2)30-19-27(37-31-13-6-5-12-29(30)31)20-33-15-14-24-10-7-9-23-8-3-4-11-28(23)24/h3-13,16-18,27,30,33H,14-15,19-21H2,1-2H3. The molecule has 0 radical (unpaired) electrons. The highest BCUT2D eigenvalue weighted by atomic mass is 16.6. The van der Waals surface area contributed by atoms with Gasteiger partial charge in [0.2, 0.25) is 0 Å². The minimum Gasteiger partial charge on any atom is -0.489 e. The van der Waals surface area contributed by atoms with E-state index >= 15 is 0 Å². The Morgan fingerprint density at radius 1 is 1.00 bits per heavy atom. The van der Waals surface area contributed by atoms with Crippen LogP contribution in [0.25, 0.3) is 10.8 Å². The molecule has 1 heterocycles. The summed E-state index contributed by atoms with van der Waals surface area (Å²) in [6, 6.07) is 29.5. The zero-order chi connectivity index (χ0) is 25.6. The topological polar surface area (TPSA) is 56.8 Å². The second-order valence-electron chi connectivity index (χ2n) is 9.60. The van der Waals surface area contributed by atoms with Crippen molar-refractivity contribution in [3.05, 3.63) is 107 Å². The number of esters is 1. The summed E-state index contributed by atoms with van der Waals surface area (Å²) in [7, 11) is 1.36. The van der Waals surface area contributed by atoms with Gasteiger partial charge in [-0.25, -0.2) is 4.79 Å². The fourth-order valence-corrected chi connectivity index (χ4v) is 5.19. The Morgan fingerprint density at radius 3 is 2.70 bits per heavy atom. The van der Waals surface area contributed by atoms with Gasteiger partial charge in [-0.3, -0.25) is 0 Å². The van der Waals surface area contributed by atoms with Gasteiger partial charge in [0, 0.05) is 18.0 Å². The summed E-state index contributed by atoms with van der Waals surface area (Å²) in [6.07, 6.45) is 1.87. The highest BCUT2D eigenvalue weighted by Gasteiger charge is 2.29. The maximum absolute atomic E-state index is 11.6. The normalized spacial score (nSPS) is 16.6. The molecule has 5 nitrogen and oxygen atoms in total. The van der Waals surface area contributed by atoms with Gasteiger partial charge in [-0.2, -0.15) is 0 Å². The van der Waals surface area contributed by atoms with Crippen molar-refractivity contribution < 1.29 is 19.0 Å². The molecule has 0 saturated heterocycles. The molecular formula is C32H33NO4. The number of aryl methyl sites for hydroxylation is 1. The number of nitrogens with one attached hydrogen (secondary N) is 1. The molecule has 0 spiro atoms. The van der Waals surface area contributed by atoms with Crippen molar-refractivity contribution in [2.24, 2.45) is 0 Å². The lowest BCUT2D eigenvalue weighted by Gasteiger charge is -2.33. The van der Waals surface area contributed by atoms with E-state index in [0.717, 1.165) is 42.8 Å². The molecule has 0 bridgehead atoms. The number of carbonyl (C=O) groups is 1. The predicted octanol–water partition coefficient (Wildman–Crippen LogP) is 5.82. The molecule has 5 heteroatoms. The van der Waals surface area contributed by atoms with E-state index in [9.17, 15) is 4.79 Å². The number of para-hydroxylation sites is 1. The molecule has 0 saturated carbocycles. The van der Waals surface area contributed by atoms with Crippen LogP contribution in [0.2, 0.25) is 0 Å². The number of carbonyl (C=O) groups excluding carboxylic acids is 1. The number of fused-ring (bicyclic) bond motifs is 2. The summed E-state index contributed by atoms with van der Waals surface area (Å²) in [4.78, 5) is 11.6. The summed E-state index contributed by atoms with van der Waals surface area (Å²) in [6.45, 7) is 3.60. The van der Waals surface area contributed by atoms with E-state index in [2.05, 4.69) is 72.0 Å². The van der Waals surface area contributed by atoms with Gasteiger partial charge < -0.3 is 19.5 Å². The van der Waals surface area contributed by atoms with Crippen molar-refractivity contribution in [1.82, 2.24) is 5.32 Å². The first kappa shape index (κ1) is 24.8. The van der Waals surface area contributed by atoms with Crippen molar-refractivity contribution in [2.45, 2.75) is 31.8 Å². The van der Waals surface area contributed by atoms with Gasteiger partial charge in [-0.15, -0.1) is 0 Å². The van der Waals surface area contributed by atoms with E-state index < -0.39 is 5.97 Å². The third kappa shape index (κ3) is 5.95. The average Bonchev–Trinajstić information content (AvgIpc) is 2.93. The van der Waals surface area contributed by atoms with Crippen LogP contribution in [0.4, 0.5) is 0 Å². The molecule has 0 aliphatic carbocycles. The van der Waals surface area contributed by atoms with E-state index in [1.165, 1.54) is 29.0 Å². The maximum Gasteiger partial charge on any atom is 0.343 e. The lowest BCUT2D eigenvalue weighted by Crippen LogP contribution is -2.36. The van der Waals surface area contributed by atoms with Crippen LogP contribution >= 0.6 is 0 Å². The van der Waals surface area contributed by atoms with Crippen LogP contribution < -0.4 is 14.8 Å². The van der Waals surface area contributed by atoms with Crippen molar-refractivity contribution in [1.29, 1.82) is 0 Å². The Bertz CT molecular complexity index is 1380. The molecule has 0 aromatic heterocycles. The number of methoxy groups -OCH3 is 1. The van der Waals surface area contributed by atoms with E-state index in [-0.39, 0.29) is 18.6 Å². The molecule has 4 aromatic carbocycles. The Balaban J connectivity index is 1.27. The lowest BCUT2D eigenvalue weighted by atomic mass is 9.83. The van der Waals surface area contributed by atoms with Gasteiger partial charge >= 0.3 is 5.97 Å². The third-order valence-corrected chi connectivity index (χ3v) is 6.97. The molecule has 1 aliphatic rings. The number of rotatable bonds is 9. The SMILES string of the molecule is COC(=O)COc1cc(C)cc(C2CC(CNCCc3cccc4ccccc34)Oc3ccccc32)c1. The number of benzene rings is 4. The first-order valence-electron chi connectivity index (χ1n) is 12.8. The zero-order valence-electron chi connectivity index (χ0n) is 21.4. The minimum atomic E-state index is -0.394. The molecule has 190 valence electrons. The van der Waals surface area contributed by atoms with Crippen molar-refractivity contribution in [3.63, 3.8) is 0 Å². The largest absolute Gasteiger partial charge is 0.489 e. The third-order valence-electron chi connectivity index (χ3n) is 6.97.